The van der Waals surface area contributed by atoms with E-state index in [0.29, 0.717) is 24.8 Å². The van der Waals surface area contributed by atoms with Crippen molar-refractivity contribution in [1.29, 1.82) is 0 Å². The van der Waals surface area contributed by atoms with Crippen LogP contribution in [-0.4, -0.2) is 46.6 Å². The number of fused-ring (bicyclic) bond motifs is 1. The normalized spacial score (nSPS) is 17.6. The van der Waals surface area contributed by atoms with Crippen LogP contribution in [-0.2, 0) is 19.4 Å². The maximum Gasteiger partial charge on any atom is 0.250 e. The molecule has 1 saturated heterocycles. The first kappa shape index (κ1) is 32.4. The molecule has 5 rings (SSSR count). The third kappa shape index (κ3) is 7.97. The van der Waals surface area contributed by atoms with Gasteiger partial charge in [0, 0.05) is 24.8 Å². The molecule has 44 heavy (non-hydrogen) atoms. The zero-order valence-electron chi connectivity index (χ0n) is 27.6. The second-order valence-electron chi connectivity index (χ2n) is 14.1. The van der Waals surface area contributed by atoms with Gasteiger partial charge in [0.1, 0.15) is 18.1 Å². The van der Waals surface area contributed by atoms with E-state index in [9.17, 15) is 4.39 Å². The molecule has 7 heteroatoms. The Hall–Kier alpha value is -3.03. The molecule has 3 aromatic carbocycles. The smallest absolute Gasteiger partial charge is 0.250 e. The minimum absolute atomic E-state index is 0.167. The fourth-order valence-corrected chi connectivity index (χ4v) is 7.14. The molecule has 1 heterocycles. The summed E-state index contributed by atoms with van der Waals surface area (Å²) in [6, 6.07) is 18.3. The first-order valence-electron chi connectivity index (χ1n) is 16.4. The standard InChI is InChI=1S/C37H51FN2O3Si/c1-37(2,3)44(5,6)43-32-14-13-28-23-30(12-11-29(28)24-32)33-16-15-31(41-4)25-35(33)39-26-27-10-17-36(34(38)22-27)42-21-20-40-18-8-7-9-19-40/h10,13-17,22,24-25,30,39H,7-9,11-12,18-21,23,26H2,1-6H3. The SMILES string of the molecule is COc1ccc(C2CCc3cc(O[Si](C)(C)C(C)(C)C)ccc3C2)c(NCc2ccc(OCCN3CCCCC3)c(F)c2)c1. The number of hydrogen-bond acceptors (Lipinski definition) is 5. The monoisotopic (exact) mass is 618 g/mol. The third-order valence-corrected chi connectivity index (χ3v) is 14.2. The summed E-state index contributed by atoms with van der Waals surface area (Å²) in [7, 11) is -0.190. The predicted molar refractivity (Wildman–Crippen MR) is 182 cm³/mol. The maximum atomic E-state index is 15.0. The van der Waals surface area contributed by atoms with E-state index in [1.54, 1.807) is 19.2 Å². The van der Waals surface area contributed by atoms with Gasteiger partial charge in [-0.25, -0.2) is 4.39 Å². The summed E-state index contributed by atoms with van der Waals surface area (Å²) in [4.78, 5) is 2.40. The molecule has 1 fully saturated rings. The molecule has 1 atom stereocenters. The minimum Gasteiger partial charge on any atom is -0.543 e. The lowest BCUT2D eigenvalue weighted by Gasteiger charge is -2.37. The van der Waals surface area contributed by atoms with Crippen LogP contribution in [0.3, 0.4) is 0 Å². The van der Waals surface area contributed by atoms with Gasteiger partial charge in [-0.15, -0.1) is 0 Å². The lowest BCUT2D eigenvalue weighted by atomic mass is 9.79. The van der Waals surface area contributed by atoms with Crippen LogP contribution in [0.15, 0.2) is 54.6 Å². The summed E-state index contributed by atoms with van der Waals surface area (Å²) < 4.78 is 32.9. The van der Waals surface area contributed by atoms with Crippen LogP contribution in [0.4, 0.5) is 10.1 Å². The Labute approximate surface area is 265 Å². The van der Waals surface area contributed by atoms with Gasteiger partial charge in [-0.2, -0.15) is 0 Å². The average molecular weight is 619 g/mol. The summed E-state index contributed by atoms with van der Waals surface area (Å²) in [5, 5.41) is 3.76. The van der Waals surface area contributed by atoms with Crippen molar-refractivity contribution in [3.8, 4) is 17.2 Å². The van der Waals surface area contributed by atoms with E-state index in [1.165, 1.54) is 36.0 Å². The lowest BCUT2D eigenvalue weighted by molar-refractivity contribution is 0.180. The summed E-state index contributed by atoms with van der Waals surface area (Å²) in [6.45, 7) is 15.5. The second kappa shape index (κ2) is 13.9. The molecule has 0 amide bonds. The molecule has 2 aliphatic rings. The van der Waals surface area contributed by atoms with Crippen LogP contribution in [0, 0.1) is 5.82 Å². The van der Waals surface area contributed by atoms with Gasteiger partial charge >= 0.3 is 0 Å². The largest absolute Gasteiger partial charge is 0.543 e. The molecule has 0 radical (unpaired) electrons. The number of ether oxygens (including phenoxy) is 2. The van der Waals surface area contributed by atoms with E-state index in [-0.39, 0.29) is 10.9 Å². The summed E-state index contributed by atoms with van der Waals surface area (Å²) in [6.07, 6.45) is 6.86. The quantitative estimate of drug-likeness (QED) is 0.217. The van der Waals surface area contributed by atoms with Crippen LogP contribution >= 0.6 is 0 Å². The predicted octanol–water partition coefficient (Wildman–Crippen LogP) is 8.97. The van der Waals surface area contributed by atoms with Gasteiger partial charge in [-0.3, -0.25) is 4.90 Å². The Morgan fingerprint density at radius 1 is 0.932 bits per heavy atom. The van der Waals surface area contributed by atoms with E-state index in [0.717, 1.165) is 61.6 Å². The summed E-state index contributed by atoms with van der Waals surface area (Å²) in [5.41, 5.74) is 5.98. The second-order valence-corrected chi connectivity index (χ2v) is 18.8. The lowest BCUT2D eigenvalue weighted by Crippen LogP contribution is -2.43. The molecule has 238 valence electrons. The highest BCUT2D eigenvalue weighted by atomic mass is 28.4. The van der Waals surface area contributed by atoms with Crippen molar-refractivity contribution >= 4 is 14.0 Å². The number of halogens is 1. The molecule has 5 nitrogen and oxygen atoms in total. The zero-order chi connectivity index (χ0) is 31.3. The number of methoxy groups -OCH3 is 1. The van der Waals surface area contributed by atoms with Crippen molar-refractivity contribution in [1.82, 2.24) is 4.90 Å². The van der Waals surface area contributed by atoms with E-state index < -0.39 is 8.32 Å². The van der Waals surface area contributed by atoms with Gasteiger partial charge in [-0.05, 0) is 122 Å². The number of anilines is 1. The Bertz CT molecular complexity index is 1410. The molecular weight excluding hydrogens is 568 g/mol. The van der Waals surface area contributed by atoms with Crippen molar-refractivity contribution in [3.63, 3.8) is 0 Å². The summed E-state index contributed by atoms with van der Waals surface area (Å²) >= 11 is 0. The molecule has 1 aliphatic heterocycles. The van der Waals surface area contributed by atoms with Gasteiger partial charge in [0.05, 0.1) is 7.11 Å². The average Bonchev–Trinajstić information content (AvgIpc) is 3.00. The van der Waals surface area contributed by atoms with Crippen LogP contribution in [0.5, 0.6) is 17.2 Å². The highest BCUT2D eigenvalue weighted by molar-refractivity contribution is 6.74. The Balaban J connectivity index is 1.23. The van der Waals surface area contributed by atoms with Crippen LogP contribution < -0.4 is 19.2 Å². The number of hydrogen-bond donors (Lipinski definition) is 1. The van der Waals surface area contributed by atoms with Gasteiger partial charge in [0.15, 0.2) is 11.6 Å². The van der Waals surface area contributed by atoms with Crippen LogP contribution in [0.25, 0.3) is 0 Å². The number of rotatable bonds is 11. The van der Waals surface area contributed by atoms with Crippen molar-refractivity contribution in [2.75, 3.05) is 38.7 Å². The minimum atomic E-state index is -1.88. The van der Waals surface area contributed by atoms with E-state index in [2.05, 4.69) is 74.4 Å². The van der Waals surface area contributed by atoms with E-state index in [4.69, 9.17) is 13.9 Å². The molecule has 0 bridgehead atoms. The van der Waals surface area contributed by atoms with Crippen molar-refractivity contribution < 1.29 is 18.3 Å². The topological polar surface area (TPSA) is 43.0 Å². The molecular formula is C37H51FN2O3Si. The Kier molecular flexibility index (Phi) is 10.3. The Morgan fingerprint density at radius 2 is 1.70 bits per heavy atom. The number of benzene rings is 3. The van der Waals surface area contributed by atoms with Crippen LogP contribution in [0.2, 0.25) is 18.1 Å². The molecule has 0 saturated carbocycles. The molecule has 0 aromatic heterocycles. The molecule has 1 aliphatic carbocycles. The van der Waals surface area contributed by atoms with Crippen molar-refractivity contribution in [2.45, 2.75) is 89.9 Å². The first-order chi connectivity index (χ1) is 21.0. The van der Waals surface area contributed by atoms with Crippen LogP contribution in [0.1, 0.15) is 74.6 Å². The highest BCUT2D eigenvalue weighted by Gasteiger charge is 2.39. The van der Waals surface area contributed by atoms with E-state index >= 15 is 0 Å². The number of aryl methyl sites for hydroxylation is 1. The molecule has 3 aromatic rings. The fraction of sp³-hybridized carbons (Fsp3) is 0.514. The number of piperidine rings is 1. The number of likely N-dealkylation sites (tertiary alicyclic amines) is 1. The first-order valence-corrected chi connectivity index (χ1v) is 19.3. The maximum absolute atomic E-state index is 15.0. The number of nitrogens with one attached hydrogen (secondary N) is 1. The molecule has 1 unspecified atom stereocenters. The van der Waals surface area contributed by atoms with Gasteiger partial charge < -0.3 is 19.2 Å². The van der Waals surface area contributed by atoms with Crippen molar-refractivity contribution in [3.05, 3.63) is 82.7 Å². The molecule has 1 N–H and O–H groups in total. The summed E-state index contributed by atoms with van der Waals surface area (Å²) in [5.74, 6) is 2.21. The van der Waals surface area contributed by atoms with Gasteiger partial charge in [-0.1, -0.05) is 45.4 Å². The fourth-order valence-electron chi connectivity index (χ4n) is 6.12. The molecule has 0 spiro atoms. The van der Waals surface area contributed by atoms with Crippen molar-refractivity contribution in [2.24, 2.45) is 0 Å². The highest BCUT2D eigenvalue weighted by Crippen LogP contribution is 2.41. The Morgan fingerprint density at radius 3 is 2.43 bits per heavy atom. The number of nitrogens with zero attached hydrogens (tertiary/aromatic N) is 1. The zero-order valence-corrected chi connectivity index (χ0v) is 28.6. The third-order valence-electron chi connectivity index (χ3n) is 9.88. The van der Waals surface area contributed by atoms with Gasteiger partial charge in [0.25, 0.3) is 0 Å². The van der Waals surface area contributed by atoms with E-state index in [1.807, 2.05) is 12.1 Å². The van der Waals surface area contributed by atoms with Gasteiger partial charge in [0.2, 0.25) is 8.32 Å².